The predicted molar refractivity (Wildman–Crippen MR) is 138 cm³/mol. The maximum absolute atomic E-state index is 12.7. The molecule has 1 aromatic carbocycles. The van der Waals surface area contributed by atoms with Gasteiger partial charge in [-0.15, -0.1) is 0 Å². The van der Waals surface area contributed by atoms with E-state index in [1.807, 2.05) is 44.2 Å². The molecule has 7 nitrogen and oxygen atoms in total. The molecule has 1 amide bonds. The lowest BCUT2D eigenvalue weighted by molar-refractivity contribution is -0.149. The molecule has 190 valence electrons. The van der Waals surface area contributed by atoms with Gasteiger partial charge in [0.2, 0.25) is 11.8 Å². The number of hydrogen-bond donors (Lipinski definition) is 1. The molecule has 0 unspecified atom stereocenters. The summed E-state index contributed by atoms with van der Waals surface area (Å²) in [6.07, 6.45) is 16.7. The SMILES string of the molecule is CC=CC=CC(=O)N1Cc2cc(OCCc3nc(C=CC4CCCC4)oc3C)ccc2C[C@H]1C(=O)O. The Bertz CT molecular complexity index is 1170. The van der Waals surface area contributed by atoms with Crippen LogP contribution in [0.4, 0.5) is 0 Å². The van der Waals surface area contributed by atoms with Gasteiger partial charge in [0, 0.05) is 25.5 Å². The first-order valence-electron chi connectivity index (χ1n) is 12.7. The zero-order valence-corrected chi connectivity index (χ0v) is 21.0. The maximum Gasteiger partial charge on any atom is 0.326 e. The number of ether oxygens (including phenoxy) is 1. The number of oxazole rings is 1. The lowest BCUT2D eigenvalue weighted by Gasteiger charge is -2.34. The quantitative estimate of drug-likeness (QED) is 0.380. The molecule has 1 aliphatic carbocycles. The van der Waals surface area contributed by atoms with E-state index in [1.165, 1.54) is 36.7 Å². The highest BCUT2D eigenvalue weighted by Crippen LogP contribution is 2.28. The minimum absolute atomic E-state index is 0.224. The van der Waals surface area contributed by atoms with Gasteiger partial charge in [-0.1, -0.05) is 43.2 Å². The lowest BCUT2D eigenvalue weighted by atomic mass is 9.93. The Hall–Kier alpha value is -3.61. The normalized spacial score (nSPS) is 18.5. The van der Waals surface area contributed by atoms with Crippen molar-refractivity contribution >= 4 is 18.0 Å². The van der Waals surface area contributed by atoms with Gasteiger partial charge in [-0.25, -0.2) is 9.78 Å². The fourth-order valence-corrected chi connectivity index (χ4v) is 4.83. The second-order valence-electron chi connectivity index (χ2n) is 9.40. The summed E-state index contributed by atoms with van der Waals surface area (Å²) in [6, 6.07) is 4.76. The van der Waals surface area contributed by atoms with E-state index >= 15 is 0 Å². The van der Waals surface area contributed by atoms with Crippen molar-refractivity contribution in [2.45, 2.75) is 65.0 Å². The number of aliphatic carboxylic acids is 1. The van der Waals surface area contributed by atoms with Gasteiger partial charge in [-0.05, 0) is 61.9 Å². The zero-order valence-electron chi connectivity index (χ0n) is 21.0. The van der Waals surface area contributed by atoms with Crippen molar-refractivity contribution in [3.63, 3.8) is 0 Å². The van der Waals surface area contributed by atoms with Crippen LogP contribution in [0.25, 0.3) is 6.08 Å². The molecule has 2 aromatic rings. The van der Waals surface area contributed by atoms with Gasteiger partial charge in [-0.3, -0.25) is 4.79 Å². The molecule has 1 fully saturated rings. The Morgan fingerprint density at radius 3 is 2.78 bits per heavy atom. The Labute approximate surface area is 212 Å². The van der Waals surface area contributed by atoms with Crippen LogP contribution in [-0.4, -0.2) is 39.5 Å². The molecule has 1 N–H and O–H groups in total. The van der Waals surface area contributed by atoms with Crippen LogP contribution in [0.3, 0.4) is 0 Å². The Morgan fingerprint density at radius 1 is 1.22 bits per heavy atom. The van der Waals surface area contributed by atoms with Gasteiger partial charge < -0.3 is 19.2 Å². The topological polar surface area (TPSA) is 92.9 Å². The van der Waals surface area contributed by atoms with E-state index in [0.717, 1.165) is 22.6 Å². The predicted octanol–water partition coefficient (Wildman–Crippen LogP) is 5.28. The molecule has 1 aromatic heterocycles. The van der Waals surface area contributed by atoms with Crippen LogP contribution in [-0.2, 0) is 29.0 Å². The van der Waals surface area contributed by atoms with Gasteiger partial charge in [-0.2, -0.15) is 0 Å². The summed E-state index contributed by atoms with van der Waals surface area (Å²) in [6.45, 7) is 4.43. The summed E-state index contributed by atoms with van der Waals surface area (Å²) >= 11 is 0. The smallest absolute Gasteiger partial charge is 0.326 e. The Kier molecular flexibility index (Phi) is 8.41. The number of rotatable bonds is 9. The number of benzene rings is 1. The molecule has 0 saturated heterocycles. The Balaban J connectivity index is 1.38. The summed E-state index contributed by atoms with van der Waals surface area (Å²) in [5.74, 6) is 1.43. The largest absolute Gasteiger partial charge is 0.493 e. The molecule has 7 heteroatoms. The van der Waals surface area contributed by atoms with E-state index in [0.29, 0.717) is 30.6 Å². The van der Waals surface area contributed by atoms with Crippen LogP contribution in [0, 0.1) is 12.8 Å². The van der Waals surface area contributed by atoms with Crippen molar-refractivity contribution in [1.82, 2.24) is 9.88 Å². The number of carboxylic acids is 1. The van der Waals surface area contributed by atoms with E-state index in [1.54, 1.807) is 12.2 Å². The minimum Gasteiger partial charge on any atom is -0.493 e. The number of amides is 1. The molecule has 1 aliphatic heterocycles. The number of nitrogens with zero attached hydrogens (tertiary/aromatic N) is 2. The van der Waals surface area contributed by atoms with E-state index in [-0.39, 0.29) is 18.9 Å². The van der Waals surface area contributed by atoms with E-state index in [9.17, 15) is 14.7 Å². The van der Waals surface area contributed by atoms with E-state index in [4.69, 9.17) is 9.15 Å². The third-order valence-electron chi connectivity index (χ3n) is 6.85. The maximum atomic E-state index is 12.7. The third kappa shape index (κ3) is 6.33. The van der Waals surface area contributed by atoms with Crippen molar-refractivity contribution in [2.24, 2.45) is 5.92 Å². The first kappa shape index (κ1) is 25.5. The van der Waals surface area contributed by atoms with Crippen LogP contribution in [0.1, 0.15) is 61.1 Å². The van der Waals surface area contributed by atoms with Gasteiger partial charge in [0.15, 0.2) is 0 Å². The van der Waals surface area contributed by atoms with Crippen LogP contribution in [0.2, 0.25) is 0 Å². The minimum atomic E-state index is -1.01. The fraction of sp³-hybridized carbons (Fsp3) is 0.414. The number of carbonyl (C=O) groups excluding carboxylic acids is 1. The first-order chi connectivity index (χ1) is 17.4. The van der Waals surface area contributed by atoms with E-state index in [2.05, 4.69) is 11.1 Å². The summed E-state index contributed by atoms with van der Waals surface area (Å²) in [5.41, 5.74) is 2.70. The number of carbonyl (C=O) groups is 2. The number of carboxylic acid groups (broad SMARTS) is 1. The molecule has 0 radical (unpaired) electrons. The van der Waals surface area contributed by atoms with Crippen LogP contribution in [0.5, 0.6) is 5.75 Å². The van der Waals surface area contributed by atoms with Crippen LogP contribution >= 0.6 is 0 Å². The average Bonchev–Trinajstić information content (AvgIpc) is 3.51. The number of hydrogen-bond acceptors (Lipinski definition) is 5. The van der Waals surface area contributed by atoms with Crippen molar-refractivity contribution in [3.05, 3.63) is 77.1 Å². The molecule has 4 rings (SSSR count). The first-order valence-corrected chi connectivity index (χ1v) is 12.7. The Morgan fingerprint density at radius 2 is 2.03 bits per heavy atom. The van der Waals surface area contributed by atoms with E-state index < -0.39 is 12.0 Å². The summed E-state index contributed by atoms with van der Waals surface area (Å²) in [7, 11) is 0. The number of aromatic nitrogens is 1. The third-order valence-corrected chi connectivity index (χ3v) is 6.85. The monoisotopic (exact) mass is 490 g/mol. The molecule has 0 spiro atoms. The van der Waals surface area contributed by atoms with Crippen LogP contribution < -0.4 is 4.74 Å². The average molecular weight is 491 g/mol. The summed E-state index contributed by atoms with van der Waals surface area (Å²) in [5, 5.41) is 9.67. The molecule has 1 saturated carbocycles. The molecular formula is C29H34N2O5. The van der Waals surface area contributed by atoms with Crippen molar-refractivity contribution < 1.29 is 23.8 Å². The number of allylic oxidation sites excluding steroid dienone is 4. The lowest BCUT2D eigenvalue weighted by Crippen LogP contribution is -2.48. The molecule has 0 bridgehead atoms. The molecule has 36 heavy (non-hydrogen) atoms. The fourth-order valence-electron chi connectivity index (χ4n) is 4.83. The second-order valence-corrected chi connectivity index (χ2v) is 9.40. The van der Waals surface area contributed by atoms with Gasteiger partial charge in [0.25, 0.3) is 0 Å². The zero-order chi connectivity index (χ0) is 25.5. The molecular weight excluding hydrogens is 456 g/mol. The number of aryl methyl sites for hydroxylation is 1. The highest BCUT2D eigenvalue weighted by atomic mass is 16.5. The molecule has 2 heterocycles. The summed E-state index contributed by atoms with van der Waals surface area (Å²) in [4.78, 5) is 30.5. The molecule has 2 aliphatic rings. The summed E-state index contributed by atoms with van der Waals surface area (Å²) < 4.78 is 11.8. The highest BCUT2D eigenvalue weighted by molar-refractivity contribution is 5.92. The van der Waals surface area contributed by atoms with Crippen molar-refractivity contribution in [2.75, 3.05) is 6.61 Å². The second kappa shape index (κ2) is 11.9. The van der Waals surface area contributed by atoms with Gasteiger partial charge >= 0.3 is 5.97 Å². The highest BCUT2D eigenvalue weighted by Gasteiger charge is 2.33. The van der Waals surface area contributed by atoms with Crippen molar-refractivity contribution in [3.8, 4) is 5.75 Å². The van der Waals surface area contributed by atoms with Crippen molar-refractivity contribution in [1.29, 1.82) is 0 Å². The number of fused-ring (bicyclic) bond motifs is 1. The van der Waals surface area contributed by atoms with Gasteiger partial charge in [0.05, 0.1) is 12.3 Å². The van der Waals surface area contributed by atoms with Crippen LogP contribution in [0.15, 0.2) is 53.0 Å². The standard InChI is InChI=1S/C29H34N2O5/c1-3-4-5-10-28(32)31-19-23-17-24(13-12-22(23)18-26(31)29(33)34)35-16-15-25-20(2)36-27(30-25)14-11-21-8-6-7-9-21/h3-5,10-14,17,21,26H,6-9,15-16,18-19H2,1-2H3,(H,33,34)/t26-/m0/s1. The van der Waals surface area contributed by atoms with Gasteiger partial charge in [0.1, 0.15) is 17.6 Å². The molecule has 1 atom stereocenters.